The Hall–Kier alpha value is -3.12. The molecular formula is C26H25Cl2N5O3. The number of benzene rings is 2. The average Bonchev–Trinajstić information content (AvgIpc) is 3.55. The van der Waals surface area contributed by atoms with Crippen LogP contribution in [0.5, 0.6) is 0 Å². The highest BCUT2D eigenvalue weighted by Gasteiger charge is 2.65. The Morgan fingerprint density at radius 3 is 2.33 bits per heavy atom. The molecule has 2 aromatic rings. The van der Waals surface area contributed by atoms with Gasteiger partial charge in [-0.05, 0) is 61.8 Å². The molecule has 0 aliphatic carbocycles. The van der Waals surface area contributed by atoms with Crippen LogP contribution in [-0.4, -0.2) is 77.9 Å². The number of urea groups is 1. The summed E-state index contributed by atoms with van der Waals surface area (Å²) >= 11 is 12.4. The summed E-state index contributed by atoms with van der Waals surface area (Å²) in [6, 6.07) is 13.1. The lowest BCUT2D eigenvalue weighted by Gasteiger charge is -2.33. The van der Waals surface area contributed by atoms with Crippen LogP contribution in [-0.2, 0) is 9.59 Å². The van der Waals surface area contributed by atoms with E-state index in [1.807, 2.05) is 0 Å². The molecule has 0 aromatic heterocycles. The summed E-state index contributed by atoms with van der Waals surface area (Å²) in [6.45, 7) is 2.41. The summed E-state index contributed by atoms with van der Waals surface area (Å²) in [7, 11) is 1.59. The van der Waals surface area contributed by atoms with Gasteiger partial charge in [-0.2, -0.15) is 5.26 Å². The summed E-state index contributed by atoms with van der Waals surface area (Å²) in [5, 5.41) is 9.84. The molecule has 3 saturated heterocycles. The second-order valence-corrected chi connectivity index (χ2v) is 10.5. The second kappa shape index (κ2) is 9.40. The van der Waals surface area contributed by atoms with Crippen molar-refractivity contribution in [1.82, 2.24) is 14.7 Å². The van der Waals surface area contributed by atoms with Gasteiger partial charge in [0, 0.05) is 29.6 Å². The normalized spacial score (nSPS) is 24.3. The molecule has 0 unspecified atom stereocenters. The first-order chi connectivity index (χ1) is 17.2. The fourth-order valence-corrected chi connectivity index (χ4v) is 6.14. The van der Waals surface area contributed by atoms with Crippen LogP contribution in [0.15, 0.2) is 42.5 Å². The van der Waals surface area contributed by atoms with Crippen molar-refractivity contribution < 1.29 is 14.4 Å². The highest BCUT2D eigenvalue weighted by molar-refractivity contribution is 6.35. The minimum atomic E-state index is -1.30. The molecule has 36 heavy (non-hydrogen) atoms. The van der Waals surface area contributed by atoms with E-state index in [0.717, 1.165) is 36.4 Å². The lowest BCUT2D eigenvalue weighted by molar-refractivity contribution is -0.132. The van der Waals surface area contributed by atoms with Gasteiger partial charge in [-0.15, -0.1) is 0 Å². The van der Waals surface area contributed by atoms with E-state index < -0.39 is 23.4 Å². The molecular weight excluding hydrogens is 501 g/mol. The highest BCUT2D eigenvalue weighted by atomic mass is 35.5. The van der Waals surface area contributed by atoms with Crippen LogP contribution in [0.3, 0.4) is 0 Å². The van der Waals surface area contributed by atoms with Crippen LogP contribution in [0.4, 0.5) is 10.5 Å². The summed E-state index contributed by atoms with van der Waals surface area (Å²) in [6.07, 6.45) is 2.13. The van der Waals surface area contributed by atoms with Gasteiger partial charge in [-0.1, -0.05) is 35.3 Å². The van der Waals surface area contributed by atoms with E-state index in [1.54, 1.807) is 36.2 Å². The van der Waals surface area contributed by atoms with Crippen molar-refractivity contribution in [1.29, 1.82) is 5.26 Å². The lowest BCUT2D eigenvalue weighted by atomic mass is 9.80. The van der Waals surface area contributed by atoms with Gasteiger partial charge in [0.1, 0.15) is 5.54 Å². The Morgan fingerprint density at radius 1 is 1.08 bits per heavy atom. The number of anilines is 1. The van der Waals surface area contributed by atoms with Crippen molar-refractivity contribution in [3.05, 3.63) is 63.6 Å². The molecule has 0 bridgehead atoms. The molecule has 10 heteroatoms. The fraction of sp³-hybridized carbons (Fsp3) is 0.385. The number of amides is 4. The molecule has 3 heterocycles. The van der Waals surface area contributed by atoms with Gasteiger partial charge in [0.15, 0.2) is 0 Å². The molecule has 2 atom stereocenters. The molecule has 5 rings (SSSR count). The third-order valence-electron chi connectivity index (χ3n) is 7.52. The van der Waals surface area contributed by atoms with E-state index in [1.165, 1.54) is 23.1 Å². The second-order valence-electron chi connectivity index (χ2n) is 9.58. The molecule has 3 aliphatic heterocycles. The number of imide groups is 1. The van der Waals surface area contributed by atoms with Crippen LogP contribution >= 0.6 is 23.2 Å². The van der Waals surface area contributed by atoms with Gasteiger partial charge in [0.05, 0.1) is 30.4 Å². The van der Waals surface area contributed by atoms with Crippen molar-refractivity contribution in [2.24, 2.45) is 0 Å². The molecule has 0 N–H and O–H groups in total. The number of likely N-dealkylation sites (N-methyl/N-ethyl adjacent to an activating group) is 1. The lowest BCUT2D eigenvalue weighted by Crippen LogP contribution is -2.54. The molecule has 3 aliphatic rings. The minimum Gasteiger partial charge on any atom is -0.338 e. The van der Waals surface area contributed by atoms with E-state index in [2.05, 4.69) is 11.0 Å². The number of carbonyl (C=O) groups is 3. The van der Waals surface area contributed by atoms with Crippen molar-refractivity contribution in [2.45, 2.75) is 24.3 Å². The van der Waals surface area contributed by atoms with Crippen molar-refractivity contribution in [3.63, 3.8) is 0 Å². The zero-order valence-electron chi connectivity index (χ0n) is 19.8. The minimum absolute atomic E-state index is 0.0645. The van der Waals surface area contributed by atoms with Crippen molar-refractivity contribution >= 4 is 46.7 Å². The number of hydrogen-bond donors (Lipinski definition) is 0. The molecule has 0 saturated carbocycles. The maximum atomic E-state index is 14.2. The smallest absolute Gasteiger partial charge is 0.332 e. The number of hydrogen-bond acceptors (Lipinski definition) is 5. The molecule has 0 radical (unpaired) electrons. The Balaban J connectivity index is 1.55. The van der Waals surface area contributed by atoms with Gasteiger partial charge in [-0.3, -0.25) is 14.5 Å². The fourth-order valence-electron chi connectivity index (χ4n) is 5.63. The summed E-state index contributed by atoms with van der Waals surface area (Å²) in [5.74, 6) is -0.974. The van der Waals surface area contributed by atoms with E-state index >= 15 is 0 Å². The van der Waals surface area contributed by atoms with Gasteiger partial charge < -0.3 is 9.80 Å². The number of carbonyl (C=O) groups excluding carboxylic acids is 3. The first-order valence-electron chi connectivity index (χ1n) is 11.8. The van der Waals surface area contributed by atoms with E-state index in [0.29, 0.717) is 15.6 Å². The largest absolute Gasteiger partial charge is 0.338 e. The Bertz CT molecular complexity index is 1250. The summed E-state index contributed by atoms with van der Waals surface area (Å²) < 4.78 is 0. The van der Waals surface area contributed by atoms with Gasteiger partial charge in [-0.25, -0.2) is 9.69 Å². The summed E-state index contributed by atoms with van der Waals surface area (Å²) in [5.41, 5.74) is 0.252. The topological polar surface area (TPSA) is 88.0 Å². The maximum Gasteiger partial charge on any atom is 0.332 e. The first kappa shape index (κ1) is 24.6. The van der Waals surface area contributed by atoms with Crippen LogP contribution in [0.1, 0.15) is 29.9 Å². The average molecular weight is 526 g/mol. The van der Waals surface area contributed by atoms with Gasteiger partial charge in [0.25, 0.3) is 5.91 Å². The number of rotatable bonds is 4. The maximum absolute atomic E-state index is 14.2. The third kappa shape index (κ3) is 4.01. The standard InChI is InChI=1S/C26H25Cl2N5O3/c1-30-25(36)33(21-11-19(27)10-20(28)12-21)24(35)26(30)16-32(23(34)15-31-8-2-3-9-31)14-22(26)18-6-4-17(13-29)5-7-18/h4-7,10-12,22H,2-3,8-9,14-16H2,1H3/t22-,26+/m0/s1. The predicted octanol–water partition coefficient (Wildman–Crippen LogP) is 3.72. The van der Waals surface area contributed by atoms with Crippen molar-refractivity contribution in [3.8, 4) is 6.07 Å². The predicted molar refractivity (Wildman–Crippen MR) is 136 cm³/mol. The van der Waals surface area contributed by atoms with E-state index in [-0.39, 0.29) is 31.2 Å². The Labute approximate surface area is 219 Å². The zero-order chi connectivity index (χ0) is 25.6. The molecule has 1 spiro atoms. The van der Waals surface area contributed by atoms with Crippen LogP contribution in [0, 0.1) is 11.3 Å². The van der Waals surface area contributed by atoms with E-state index in [9.17, 15) is 19.6 Å². The summed E-state index contributed by atoms with van der Waals surface area (Å²) in [4.78, 5) is 47.4. The molecule has 186 valence electrons. The number of halogens is 2. The van der Waals surface area contributed by atoms with Gasteiger partial charge in [0.2, 0.25) is 5.91 Å². The van der Waals surface area contributed by atoms with Crippen LogP contribution in [0.25, 0.3) is 0 Å². The molecule has 3 fully saturated rings. The SMILES string of the molecule is CN1C(=O)N(c2cc(Cl)cc(Cl)c2)C(=O)[C@]12CN(C(=O)CN1CCCC1)C[C@H]2c1ccc(C#N)cc1. The highest BCUT2D eigenvalue weighted by Crippen LogP contribution is 2.46. The Kier molecular flexibility index (Phi) is 6.41. The van der Waals surface area contributed by atoms with Gasteiger partial charge >= 0.3 is 6.03 Å². The third-order valence-corrected chi connectivity index (χ3v) is 7.96. The number of nitriles is 1. The first-order valence-corrected chi connectivity index (χ1v) is 12.6. The van der Waals surface area contributed by atoms with Crippen molar-refractivity contribution in [2.75, 3.05) is 44.7 Å². The quantitative estimate of drug-likeness (QED) is 0.567. The molecule has 4 amide bonds. The monoisotopic (exact) mass is 525 g/mol. The van der Waals surface area contributed by atoms with E-state index in [4.69, 9.17) is 23.2 Å². The zero-order valence-corrected chi connectivity index (χ0v) is 21.3. The van der Waals surface area contributed by atoms with Crippen LogP contribution in [0.2, 0.25) is 10.0 Å². The molecule has 2 aromatic carbocycles. The Morgan fingerprint density at radius 2 is 1.72 bits per heavy atom. The number of nitrogens with zero attached hydrogens (tertiary/aromatic N) is 5. The molecule has 8 nitrogen and oxygen atoms in total. The number of likely N-dealkylation sites (tertiary alicyclic amines) is 2. The van der Waals surface area contributed by atoms with Crippen LogP contribution < -0.4 is 4.90 Å².